The molecule has 0 aliphatic carbocycles. The third kappa shape index (κ3) is 5.80. The van der Waals surface area contributed by atoms with Crippen LogP contribution < -0.4 is 11.3 Å². The van der Waals surface area contributed by atoms with E-state index >= 15 is 0 Å². The number of hydrogen-bond acceptors (Lipinski definition) is 5. The van der Waals surface area contributed by atoms with Crippen molar-refractivity contribution in [2.24, 2.45) is 0 Å². The van der Waals surface area contributed by atoms with E-state index in [1.165, 1.54) is 5.64 Å². The van der Waals surface area contributed by atoms with E-state index in [-0.39, 0.29) is 6.10 Å². The van der Waals surface area contributed by atoms with Gasteiger partial charge in [-0.3, -0.25) is 10.0 Å². The molecule has 0 atom stereocenters. The molecule has 0 spiro atoms. The van der Waals surface area contributed by atoms with E-state index in [9.17, 15) is 0 Å². The Morgan fingerprint density at radius 3 is 2.50 bits per heavy atom. The van der Waals surface area contributed by atoms with Crippen molar-refractivity contribution < 1.29 is 15.0 Å². The molecule has 0 aromatic heterocycles. The molecule has 0 amide bonds. The van der Waals surface area contributed by atoms with Crippen LogP contribution in [0.5, 0.6) is 0 Å². The summed E-state index contributed by atoms with van der Waals surface area (Å²) >= 11 is 0. The molecule has 0 heterocycles. The Labute approximate surface area is 47.4 Å². The molecule has 0 saturated heterocycles. The second kappa shape index (κ2) is 4.95. The van der Waals surface area contributed by atoms with Crippen LogP contribution >= 0.6 is 0 Å². The number of rotatable bonds is 4. The molecule has 5 nitrogen and oxygen atoms in total. The van der Waals surface area contributed by atoms with Gasteiger partial charge in [0.2, 0.25) is 0 Å². The fraction of sp³-hybridized carbons (Fsp3) is 1.00. The van der Waals surface area contributed by atoms with Crippen molar-refractivity contribution in [2.75, 3.05) is 0 Å². The third-order valence-corrected chi connectivity index (χ3v) is 0.371. The highest BCUT2D eigenvalue weighted by Gasteiger charge is 1.88. The summed E-state index contributed by atoms with van der Waals surface area (Å²) in [7, 11) is 0. The maximum absolute atomic E-state index is 7.76. The summed E-state index contributed by atoms with van der Waals surface area (Å²) in [5.74, 6) is 0. The minimum absolute atomic E-state index is 0.0170. The van der Waals surface area contributed by atoms with Crippen LogP contribution in [0.1, 0.15) is 13.8 Å². The maximum Gasteiger partial charge on any atom is 0.0761 e. The average Bonchev–Trinajstić information content (AvgIpc) is 1.66. The van der Waals surface area contributed by atoms with E-state index in [0.29, 0.717) is 0 Å². The van der Waals surface area contributed by atoms with Crippen LogP contribution in [0.25, 0.3) is 0 Å². The predicted octanol–water partition coefficient (Wildman–Crippen LogP) is -0.259. The minimum atomic E-state index is 0.0170. The topological polar surface area (TPSA) is 62.8 Å². The quantitative estimate of drug-likeness (QED) is 0.354. The Hall–Kier alpha value is -0.200. The van der Waals surface area contributed by atoms with E-state index < -0.39 is 0 Å². The van der Waals surface area contributed by atoms with Crippen LogP contribution in [0.15, 0.2) is 0 Å². The van der Waals surface area contributed by atoms with Gasteiger partial charge < -0.3 is 0 Å². The summed E-state index contributed by atoms with van der Waals surface area (Å²) in [6.45, 7) is 3.63. The van der Waals surface area contributed by atoms with E-state index in [2.05, 4.69) is 9.78 Å². The second-order valence-corrected chi connectivity index (χ2v) is 1.44. The molecule has 0 aromatic rings. The fourth-order valence-corrected chi connectivity index (χ4v) is 0.139. The molecular weight excluding hydrogens is 112 g/mol. The Bertz CT molecular complexity index is 49.8. The van der Waals surface area contributed by atoms with E-state index in [1.807, 2.05) is 19.5 Å². The van der Waals surface area contributed by atoms with Crippen LogP contribution in [0, 0.1) is 0 Å². The molecule has 3 N–H and O–H groups in total. The van der Waals surface area contributed by atoms with Crippen LogP contribution in [0.4, 0.5) is 0 Å². The molecule has 0 unspecified atom stereocenters. The first-order chi connectivity index (χ1) is 3.77. The Morgan fingerprint density at radius 2 is 2.12 bits per heavy atom. The van der Waals surface area contributed by atoms with Crippen molar-refractivity contribution in [3.8, 4) is 0 Å². The molecular formula is C3H10N2O3. The molecule has 50 valence electrons. The lowest BCUT2D eigenvalue weighted by molar-refractivity contribution is -0.282. The monoisotopic (exact) mass is 122 g/mol. The van der Waals surface area contributed by atoms with Gasteiger partial charge >= 0.3 is 0 Å². The Kier molecular flexibility index (Phi) is 4.82. The van der Waals surface area contributed by atoms with Crippen LogP contribution in [-0.4, -0.2) is 11.3 Å². The van der Waals surface area contributed by atoms with E-state index in [4.69, 9.17) is 5.21 Å². The van der Waals surface area contributed by atoms with E-state index in [1.54, 1.807) is 0 Å². The van der Waals surface area contributed by atoms with Crippen molar-refractivity contribution in [2.45, 2.75) is 20.0 Å². The van der Waals surface area contributed by atoms with Gasteiger partial charge in [0.15, 0.2) is 0 Å². The highest BCUT2D eigenvalue weighted by molar-refractivity contribution is 4.26. The standard InChI is InChI=1S/C3H10N2O3/c1-3(2)7-5-8-4-6/h3-6H,1-2H3. The first-order valence-electron chi connectivity index (χ1n) is 2.23. The third-order valence-electron chi connectivity index (χ3n) is 0.371. The Morgan fingerprint density at radius 1 is 1.50 bits per heavy atom. The number of nitrogens with one attached hydrogen (secondary N) is 2. The fourth-order valence-electron chi connectivity index (χ4n) is 0.139. The van der Waals surface area contributed by atoms with Crippen molar-refractivity contribution in [1.29, 1.82) is 0 Å². The zero-order valence-corrected chi connectivity index (χ0v) is 4.84. The smallest absolute Gasteiger partial charge is 0.0761 e. The average molecular weight is 122 g/mol. The van der Waals surface area contributed by atoms with Gasteiger partial charge in [-0.2, -0.15) is 4.94 Å². The lowest BCUT2D eigenvalue weighted by Crippen LogP contribution is -2.26. The first kappa shape index (κ1) is 7.80. The molecule has 5 heteroatoms. The normalized spacial score (nSPS) is 10.5. The molecule has 0 radical (unpaired) electrons. The summed E-state index contributed by atoms with van der Waals surface area (Å²) in [4.78, 5) is 8.57. The summed E-state index contributed by atoms with van der Waals surface area (Å²) in [5, 5.41) is 7.76. The van der Waals surface area contributed by atoms with Crippen molar-refractivity contribution >= 4 is 0 Å². The SMILES string of the molecule is CC(C)ONONO. The molecule has 8 heavy (non-hydrogen) atoms. The summed E-state index contributed by atoms with van der Waals surface area (Å²) in [6, 6.07) is 0. The number of hydrogen-bond donors (Lipinski definition) is 3. The van der Waals surface area contributed by atoms with E-state index in [0.717, 1.165) is 0 Å². The summed E-state index contributed by atoms with van der Waals surface area (Å²) in [6.07, 6.45) is 0.0170. The highest BCUT2D eigenvalue weighted by atomic mass is 17.0. The largest absolute Gasteiger partial charge is 0.291 e. The van der Waals surface area contributed by atoms with Gasteiger partial charge in [0.05, 0.1) is 6.10 Å². The lowest BCUT2D eigenvalue weighted by atomic mass is 10.5. The molecule has 0 fully saturated rings. The molecule has 0 bridgehead atoms. The molecule has 0 aliphatic rings. The molecule has 0 rings (SSSR count). The Balaban J connectivity index is 2.72. The summed E-state index contributed by atoms with van der Waals surface area (Å²) < 4.78 is 0. The van der Waals surface area contributed by atoms with Gasteiger partial charge in [-0.05, 0) is 13.8 Å². The van der Waals surface area contributed by atoms with Crippen LogP contribution in [0.2, 0.25) is 0 Å². The molecule has 0 aromatic carbocycles. The molecule has 0 saturated carbocycles. The predicted molar refractivity (Wildman–Crippen MR) is 25.4 cm³/mol. The van der Waals surface area contributed by atoms with Crippen LogP contribution in [0.3, 0.4) is 0 Å². The van der Waals surface area contributed by atoms with Crippen molar-refractivity contribution in [1.82, 2.24) is 11.3 Å². The minimum Gasteiger partial charge on any atom is -0.291 e. The maximum atomic E-state index is 7.76. The van der Waals surface area contributed by atoms with Gasteiger partial charge in [0.1, 0.15) is 0 Å². The van der Waals surface area contributed by atoms with Gasteiger partial charge in [0, 0.05) is 0 Å². The highest BCUT2D eigenvalue weighted by Crippen LogP contribution is 1.79. The summed E-state index contributed by atoms with van der Waals surface area (Å²) in [5.41, 5.74) is 3.36. The molecule has 0 aliphatic heterocycles. The van der Waals surface area contributed by atoms with Gasteiger partial charge in [-0.15, -0.1) is 0 Å². The lowest BCUT2D eigenvalue weighted by Gasteiger charge is -2.04. The second-order valence-electron chi connectivity index (χ2n) is 1.44. The first-order valence-corrected chi connectivity index (χ1v) is 2.23. The van der Waals surface area contributed by atoms with Crippen LogP contribution in [-0.2, 0) is 9.78 Å². The zero-order valence-electron chi connectivity index (χ0n) is 4.84. The van der Waals surface area contributed by atoms with Gasteiger partial charge in [-0.25, -0.2) is 0 Å². The van der Waals surface area contributed by atoms with Gasteiger partial charge in [0.25, 0.3) is 0 Å². The van der Waals surface area contributed by atoms with Crippen molar-refractivity contribution in [3.05, 3.63) is 0 Å². The van der Waals surface area contributed by atoms with Gasteiger partial charge in [-0.1, -0.05) is 11.3 Å². The zero-order chi connectivity index (χ0) is 6.41. The van der Waals surface area contributed by atoms with Crippen molar-refractivity contribution in [3.63, 3.8) is 0 Å².